The molecule has 2 unspecified atom stereocenters. The molecular weight excluding hydrogens is 488 g/mol. The molecular formula is C36H33N4+. The molecule has 0 amide bonds. The zero-order chi connectivity index (χ0) is 27.1. The topological polar surface area (TPSA) is 37.5 Å². The number of rotatable bonds is 7. The summed E-state index contributed by atoms with van der Waals surface area (Å²) in [4.78, 5) is 8.32. The fourth-order valence-corrected chi connectivity index (χ4v) is 6.39. The Morgan fingerprint density at radius 3 is 2.08 bits per heavy atom. The third kappa shape index (κ3) is 4.08. The van der Waals surface area contributed by atoms with Crippen LogP contribution in [0.25, 0.3) is 50.0 Å². The third-order valence-electron chi connectivity index (χ3n) is 8.32. The predicted octanol–water partition coefficient (Wildman–Crippen LogP) is 8.76. The molecule has 40 heavy (non-hydrogen) atoms. The molecule has 0 bridgehead atoms. The van der Waals surface area contributed by atoms with Gasteiger partial charge in [-0.3, -0.25) is 4.98 Å². The van der Waals surface area contributed by atoms with Crippen molar-refractivity contribution in [2.75, 3.05) is 0 Å². The van der Waals surface area contributed by atoms with E-state index in [0.717, 1.165) is 41.1 Å². The SMILES string of the molecule is CCC(CC(C)n1c2ccccc2c2ccccc21)c1ccc(-c2[nH]c3cccnc3[n+]2-c2ccccc2)cc1. The van der Waals surface area contributed by atoms with E-state index in [-0.39, 0.29) is 0 Å². The normalized spacial score (nSPS) is 13.2. The van der Waals surface area contributed by atoms with Crippen LogP contribution in [0.4, 0.5) is 0 Å². The largest absolute Gasteiger partial charge is 0.338 e. The van der Waals surface area contributed by atoms with Gasteiger partial charge in [0, 0.05) is 33.4 Å². The van der Waals surface area contributed by atoms with Gasteiger partial charge in [-0.2, -0.15) is 4.57 Å². The molecule has 0 radical (unpaired) electrons. The van der Waals surface area contributed by atoms with Gasteiger partial charge in [-0.15, -0.1) is 4.98 Å². The van der Waals surface area contributed by atoms with Crippen LogP contribution in [-0.4, -0.2) is 14.5 Å². The van der Waals surface area contributed by atoms with E-state index in [9.17, 15) is 0 Å². The van der Waals surface area contributed by atoms with Crippen LogP contribution in [0.15, 0.2) is 121 Å². The van der Waals surface area contributed by atoms with Gasteiger partial charge in [-0.25, -0.2) is 0 Å². The zero-order valence-corrected chi connectivity index (χ0v) is 23.0. The average Bonchev–Trinajstić information content (AvgIpc) is 3.57. The first kappa shape index (κ1) is 24.3. The lowest BCUT2D eigenvalue weighted by atomic mass is 9.89. The van der Waals surface area contributed by atoms with Crippen LogP contribution >= 0.6 is 0 Å². The maximum atomic E-state index is 4.69. The summed E-state index contributed by atoms with van der Waals surface area (Å²) in [6.07, 6.45) is 4.03. The van der Waals surface area contributed by atoms with Crippen LogP contribution < -0.4 is 4.57 Å². The number of pyridine rings is 1. The summed E-state index contributed by atoms with van der Waals surface area (Å²) in [6.45, 7) is 4.68. The van der Waals surface area contributed by atoms with Crippen molar-refractivity contribution in [2.24, 2.45) is 0 Å². The summed E-state index contributed by atoms with van der Waals surface area (Å²) in [6, 6.07) is 41.6. The minimum absolute atomic E-state index is 0.370. The number of aromatic nitrogens is 4. The Kier molecular flexibility index (Phi) is 6.16. The molecule has 1 N–H and O–H groups in total. The molecule has 7 rings (SSSR count). The number of imidazole rings is 1. The van der Waals surface area contributed by atoms with Gasteiger partial charge in [-0.1, -0.05) is 73.7 Å². The molecule has 3 aromatic heterocycles. The monoisotopic (exact) mass is 521 g/mol. The second kappa shape index (κ2) is 10.1. The third-order valence-corrected chi connectivity index (χ3v) is 8.32. The minimum atomic E-state index is 0.370. The molecule has 4 nitrogen and oxygen atoms in total. The van der Waals surface area contributed by atoms with Crippen molar-refractivity contribution in [3.63, 3.8) is 0 Å². The Hall–Kier alpha value is -4.70. The summed E-state index contributed by atoms with van der Waals surface area (Å²) in [5, 5.41) is 2.67. The van der Waals surface area contributed by atoms with E-state index < -0.39 is 0 Å². The molecule has 0 aliphatic carbocycles. The van der Waals surface area contributed by atoms with Crippen LogP contribution in [0.2, 0.25) is 0 Å². The number of nitrogens with zero attached hydrogens (tertiary/aromatic N) is 3. The highest BCUT2D eigenvalue weighted by atomic mass is 15.1. The van der Waals surface area contributed by atoms with Crippen molar-refractivity contribution in [2.45, 2.75) is 38.6 Å². The number of para-hydroxylation sites is 3. The van der Waals surface area contributed by atoms with Gasteiger partial charge in [0.15, 0.2) is 5.52 Å². The van der Waals surface area contributed by atoms with E-state index >= 15 is 0 Å². The Bertz CT molecular complexity index is 1880. The number of hydrogen-bond donors (Lipinski definition) is 1. The van der Waals surface area contributed by atoms with Crippen molar-refractivity contribution >= 4 is 33.0 Å². The Morgan fingerprint density at radius 1 is 0.750 bits per heavy atom. The van der Waals surface area contributed by atoms with Gasteiger partial charge in [0.25, 0.3) is 0 Å². The van der Waals surface area contributed by atoms with Crippen LogP contribution in [0.3, 0.4) is 0 Å². The highest BCUT2D eigenvalue weighted by molar-refractivity contribution is 6.08. The van der Waals surface area contributed by atoms with Crippen LogP contribution in [0.1, 0.15) is 44.2 Å². The van der Waals surface area contributed by atoms with Gasteiger partial charge in [0.1, 0.15) is 11.9 Å². The highest BCUT2D eigenvalue weighted by Crippen LogP contribution is 2.36. The van der Waals surface area contributed by atoms with E-state index in [0.29, 0.717) is 12.0 Å². The number of fused-ring (bicyclic) bond motifs is 4. The zero-order valence-electron chi connectivity index (χ0n) is 23.0. The summed E-state index contributed by atoms with van der Waals surface area (Å²) >= 11 is 0. The molecule has 0 aliphatic rings. The van der Waals surface area contributed by atoms with Gasteiger partial charge >= 0.3 is 5.65 Å². The first-order chi connectivity index (χ1) is 19.7. The standard InChI is InChI=1S/C36H32N4/c1-3-26(24-25(2)39-33-17-9-7-14-30(33)31-15-8-10-18-34(31)39)27-19-21-28(22-20-27)35-38-32-16-11-23-37-36(32)40(35)29-12-5-4-6-13-29/h4-23,25-26H,3,24H2,1-2H3/p+1. The molecule has 4 heteroatoms. The Labute approximate surface area is 234 Å². The molecule has 2 atom stereocenters. The van der Waals surface area contributed by atoms with E-state index in [2.05, 4.69) is 131 Å². The number of nitrogens with one attached hydrogen (secondary N) is 1. The van der Waals surface area contributed by atoms with Crippen molar-refractivity contribution in [3.8, 4) is 17.1 Å². The van der Waals surface area contributed by atoms with Crippen LogP contribution in [0.5, 0.6) is 0 Å². The highest BCUT2D eigenvalue weighted by Gasteiger charge is 2.23. The predicted molar refractivity (Wildman–Crippen MR) is 165 cm³/mol. The van der Waals surface area contributed by atoms with Crippen molar-refractivity contribution < 1.29 is 4.57 Å². The molecule has 0 saturated carbocycles. The number of hydrogen-bond acceptors (Lipinski definition) is 1. The second-order valence-corrected chi connectivity index (χ2v) is 10.7. The quantitative estimate of drug-likeness (QED) is 0.209. The molecule has 0 spiro atoms. The molecule has 4 aromatic carbocycles. The molecule has 0 saturated heterocycles. The number of benzene rings is 4. The lowest BCUT2D eigenvalue weighted by molar-refractivity contribution is -0.557. The van der Waals surface area contributed by atoms with Crippen molar-refractivity contribution in [3.05, 3.63) is 127 Å². The van der Waals surface area contributed by atoms with Gasteiger partial charge in [-0.05, 0) is 79.8 Å². The Morgan fingerprint density at radius 2 is 1.40 bits per heavy atom. The van der Waals surface area contributed by atoms with Gasteiger partial charge in [0.05, 0.1) is 0 Å². The fourth-order valence-electron chi connectivity index (χ4n) is 6.39. The van der Waals surface area contributed by atoms with Gasteiger partial charge < -0.3 is 4.57 Å². The van der Waals surface area contributed by atoms with Crippen LogP contribution in [-0.2, 0) is 0 Å². The summed E-state index contributed by atoms with van der Waals surface area (Å²) < 4.78 is 4.76. The first-order valence-electron chi connectivity index (χ1n) is 14.2. The molecule has 3 heterocycles. The summed E-state index contributed by atoms with van der Waals surface area (Å²) in [5.74, 6) is 1.51. The number of aromatic amines is 1. The van der Waals surface area contributed by atoms with E-state index in [1.54, 1.807) is 0 Å². The number of H-pyrrole nitrogens is 1. The fraction of sp³-hybridized carbons (Fsp3) is 0.167. The van der Waals surface area contributed by atoms with Crippen molar-refractivity contribution in [1.82, 2.24) is 14.5 Å². The first-order valence-corrected chi connectivity index (χ1v) is 14.2. The molecule has 196 valence electrons. The average molecular weight is 522 g/mol. The van der Waals surface area contributed by atoms with E-state index in [1.165, 1.54) is 27.4 Å². The molecule has 0 aliphatic heterocycles. The second-order valence-electron chi connectivity index (χ2n) is 10.7. The Balaban J connectivity index is 1.23. The van der Waals surface area contributed by atoms with E-state index in [4.69, 9.17) is 4.98 Å². The lowest BCUT2D eigenvalue weighted by Gasteiger charge is -2.23. The maximum Gasteiger partial charge on any atom is 0.306 e. The summed E-state index contributed by atoms with van der Waals surface area (Å²) in [7, 11) is 0. The van der Waals surface area contributed by atoms with Gasteiger partial charge in [0.2, 0.25) is 5.82 Å². The van der Waals surface area contributed by atoms with Crippen molar-refractivity contribution in [1.29, 1.82) is 0 Å². The van der Waals surface area contributed by atoms with Crippen LogP contribution in [0, 0.1) is 0 Å². The lowest BCUT2D eigenvalue weighted by Crippen LogP contribution is -2.32. The van der Waals surface area contributed by atoms with E-state index in [1.807, 2.05) is 18.3 Å². The summed E-state index contributed by atoms with van der Waals surface area (Å²) in [5.41, 5.74) is 8.22. The minimum Gasteiger partial charge on any atom is -0.338 e. The smallest absolute Gasteiger partial charge is 0.306 e. The molecule has 7 aromatic rings. The maximum absolute atomic E-state index is 4.69. The molecule has 0 fully saturated rings.